The van der Waals surface area contributed by atoms with Gasteiger partial charge in [-0.05, 0) is 19.1 Å². The zero-order valence-corrected chi connectivity index (χ0v) is 9.68. The third-order valence-corrected chi connectivity index (χ3v) is 2.53. The van der Waals surface area contributed by atoms with E-state index >= 15 is 0 Å². The number of benzene rings is 1. The van der Waals surface area contributed by atoms with Crippen molar-refractivity contribution in [2.45, 2.75) is 13.3 Å². The molecule has 0 aromatic heterocycles. The smallest absolute Gasteiger partial charge is 0.337 e. The van der Waals surface area contributed by atoms with Gasteiger partial charge in [0.25, 0.3) is 0 Å². The van der Waals surface area contributed by atoms with Gasteiger partial charge < -0.3 is 15.7 Å². The largest absolute Gasteiger partial charge is 0.478 e. The molecule has 0 atom stereocenters. The van der Waals surface area contributed by atoms with Crippen LogP contribution in [0.3, 0.4) is 0 Å². The lowest BCUT2D eigenvalue weighted by atomic mass is 10.1. The monoisotopic (exact) mass is 233 g/mol. The van der Waals surface area contributed by atoms with Crippen molar-refractivity contribution >= 4 is 17.3 Å². The van der Waals surface area contributed by atoms with Crippen LogP contribution < -0.4 is 10.6 Å². The van der Waals surface area contributed by atoms with Gasteiger partial charge in [0, 0.05) is 13.1 Å². The van der Waals surface area contributed by atoms with Gasteiger partial charge in [-0.1, -0.05) is 6.07 Å². The Bertz CT molecular complexity index is 452. The van der Waals surface area contributed by atoms with Crippen molar-refractivity contribution in [2.24, 2.45) is 0 Å². The number of aromatic carboxylic acids is 1. The summed E-state index contributed by atoms with van der Waals surface area (Å²) in [7, 11) is 0. The third-order valence-electron chi connectivity index (χ3n) is 2.53. The highest BCUT2D eigenvalue weighted by atomic mass is 16.4. The number of hydrogen-bond acceptors (Lipinski definition) is 4. The van der Waals surface area contributed by atoms with Gasteiger partial charge in [-0.2, -0.15) is 5.26 Å². The summed E-state index contributed by atoms with van der Waals surface area (Å²) in [6.45, 7) is 3.15. The minimum atomic E-state index is -1.04. The maximum absolute atomic E-state index is 10.9. The molecule has 0 spiro atoms. The number of nitrogen functional groups attached to an aromatic ring is 1. The van der Waals surface area contributed by atoms with Crippen LogP contribution in [-0.4, -0.2) is 24.2 Å². The Morgan fingerprint density at radius 3 is 2.82 bits per heavy atom. The lowest BCUT2D eigenvalue weighted by Crippen LogP contribution is -2.25. The Morgan fingerprint density at radius 2 is 2.29 bits per heavy atom. The van der Waals surface area contributed by atoms with Crippen LogP contribution in [0.15, 0.2) is 18.2 Å². The second-order valence-electron chi connectivity index (χ2n) is 3.53. The number of carbonyl (C=O) groups is 1. The fourth-order valence-corrected chi connectivity index (χ4v) is 1.65. The van der Waals surface area contributed by atoms with Gasteiger partial charge in [-0.25, -0.2) is 4.79 Å². The summed E-state index contributed by atoms with van der Waals surface area (Å²) in [5, 5.41) is 17.5. The molecule has 0 bridgehead atoms. The Kier molecular flexibility index (Phi) is 4.35. The Hall–Kier alpha value is -2.22. The molecular formula is C12H15N3O2. The van der Waals surface area contributed by atoms with Gasteiger partial charge in [0.1, 0.15) is 0 Å². The predicted molar refractivity (Wildman–Crippen MR) is 65.9 cm³/mol. The van der Waals surface area contributed by atoms with Crippen LogP contribution in [0.2, 0.25) is 0 Å². The molecule has 0 heterocycles. The molecule has 3 N–H and O–H groups in total. The number of hydrogen-bond donors (Lipinski definition) is 2. The normalized spacial score (nSPS) is 9.65. The minimum absolute atomic E-state index is 0.0953. The van der Waals surface area contributed by atoms with Crippen molar-refractivity contribution in [2.75, 3.05) is 23.7 Å². The number of carboxylic acids is 1. The molecule has 5 heteroatoms. The molecule has 0 aliphatic rings. The molecule has 0 aliphatic carbocycles. The molecule has 1 aromatic carbocycles. The fraction of sp³-hybridized carbons (Fsp3) is 0.333. The molecule has 0 unspecified atom stereocenters. The van der Waals surface area contributed by atoms with Crippen molar-refractivity contribution < 1.29 is 9.90 Å². The second kappa shape index (κ2) is 5.75. The van der Waals surface area contributed by atoms with Gasteiger partial charge in [0.15, 0.2) is 0 Å². The van der Waals surface area contributed by atoms with Crippen LogP contribution in [0.1, 0.15) is 23.7 Å². The van der Waals surface area contributed by atoms with Crippen LogP contribution in [-0.2, 0) is 0 Å². The first-order chi connectivity index (χ1) is 8.11. The van der Waals surface area contributed by atoms with Crippen LogP contribution >= 0.6 is 0 Å². The second-order valence-corrected chi connectivity index (χ2v) is 3.53. The number of nitrogens with zero attached hydrogens (tertiary/aromatic N) is 2. The third kappa shape index (κ3) is 2.88. The molecule has 17 heavy (non-hydrogen) atoms. The van der Waals surface area contributed by atoms with E-state index < -0.39 is 5.97 Å². The summed E-state index contributed by atoms with van der Waals surface area (Å²) < 4.78 is 0. The molecule has 0 saturated heterocycles. The summed E-state index contributed by atoms with van der Waals surface area (Å²) in [5.74, 6) is -1.04. The molecule has 5 nitrogen and oxygen atoms in total. The van der Waals surface area contributed by atoms with Crippen molar-refractivity contribution in [1.82, 2.24) is 0 Å². The van der Waals surface area contributed by atoms with E-state index in [4.69, 9.17) is 16.1 Å². The lowest BCUT2D eigenvalue weighted by Gasteiger charge is -2.24. The summed E-state index contributed by atoms with van der Waals surface area (Å²) in [6.07, 6.45) is 0.380. The number of anilines is 2. The molecule has 0 saturated carbocycles. The highest BCUT2D eigenvalue weighted by molar-refractivity contribution is 5.97. The molecule has 1 aromatic rings. The maximum atomic E-state index is 10.9. The zero-order chi connectivity index (χ0) is 12.8. The maximum Gasteiger partial charge on any atom is 0.337 e. The number of nitriles is 1. The summed E-state index contributed by atoms with van der Waals surface area (Å²) in [4.78, 5) is 12.8. The molecule has 0 radical (unpaired) electrons. The van der Waals surface area contributed by atoms with Gasteiger partial charge in [-0.15, -0.1) is 0 Å². The van der Waals surface area contributed by atoms with Crippen LogP contribution in [0, 0.1) is 11.3 Å². The highest BCUT2D eigenvalue weighted by Gasteiger charge is 2.14. The van der Waals surface area contributed by atoms with Crippen LogP contribution in [0.4, 0.5) is 11.4 Å². The molecule has 90 valence electrons. The fourth-order valence-electron chi connectivity index (χ4n) is 1.65. The van der Waals surface area contributed by atoms with Gasteiger partial charge >= 0.3 is 5.97 Å². The summed E-state index contributed by atoms with van der Waals surface area (Å²) in [5.41, 5.74) is 6.84. The predicted octanol–water partition coefficient (Wildman–Crippen LogP) is 1.71. The first-order valence-corrected chi connectivity index (χ1v) is 5.35. The van der Waals surface area contributed by atoms with Gasteiger partial charge in [-0.3, -0.25) is 0 Å². The van der Waals surface area contributed by atoms with E-state index in [2.05, 4.69) is 6.07 Å². The average Bonchev–Trinajstić information content (AvgIpc) is 2.31. The van der Waals surface area contributed by atoms with E-state index in [0.29, 0.717) is 25.2 Å². The van der Waals surface area contributed by atoms with E-state index in [1.54, 1.807) is 12.1 Å². The van der Waals surface area contributed by atoms with E-state index in [9.17, 15) is 4.79 Å². The van der Waals surface area contributed by atoms with E-state index in [1.807, 2.05) is 11.8 Å². The minimum Gasteiger partial charge on any atom is -0.478 e. The van der Waals surface area contributed by atoms with Crippen molar-refractivity contribution in [1.29, 1.82) is 5.26 Å². The Morgan fingerprint density at radius 1 is 1.59 bits per heavy atom. The molecular weight excluding hydrogens is 218 g/mol. The number of rotatable bonds is 5. The van der Waals surface area contributed by atoms with Gasteiger partial charge in [0.2, 0.25) is 0 Å². The van der Waals surface area contributed by atoms with Crippen molar-refractivity contribution in [3.8, 4) is 6.07 Å². The quantitative estimate of drug-likeness (QED) is 0.755. The van der Waals surface area contributed by atoms with Crippen molar-refractivity contribution in [3.05, 3.63) is 23.8 Å². The summed E-state index contributed by atoms with van der Waals surface area (Å²) in [6, 6.07) is 6.96. The SMILES string of the molecule is CCN(CCC#N)c1cccc(C(=O)O)c1N. The standard InChI is InChI=1S/C12H15N3O2/c1-2-15(8-4-7-13)10-6-3-5-9(11(10)14)12(16)17/h3,5-6H,2,4,8,14H2,1H3,(H,16,17). The zero-order valence-electron chi connectivity index (χ0n) is 9.68. The Balaban J connectivity index is 3.08. The van der Waals surface area contributed by atoms with E-state index in [1.165, 1.54) is 6.07 Å². The molecule has 0 aliphatic heterocycles. The molecule has 1 rings (SSSR count). The number of carboxylic acid groups (broad SMARTS) is 1. The van der Waals surface area contributed by atoms with E-state index in [0.717, 1.165) is 0 Å². The number of para-hydroxylation sites is 1. The first kappa shape index (κ1) is 12.8. The molecule has 0 amide bonds. The lowest BCUT2D eigenvalue weighted by molar-refractivity contribution is 0.0698. The first-order valence-electron chi connectivity index (χ1n) is 5.35. The van der Waals surface area contributed by atoms with Crippen molar-refractivity contribution in [3.63, 3.8) is 0 Å². The van der Waals surface area contributed by atoms with Crippen LogP contribution in [0.5, 0.6) is 0 Å². The number of nitrogens with two attached hydrogens (primary N) is 1. The van der Waals surface area contributed by atoms with Crippen LogP contribution in [0.25, 0.3) is 0 Å². The Labute approximate surface area is 100 Å². The average molecular weight is 233 g/mol. The van der Waals surface area contributed by atoms with E-state index in [-0.39, 0.29) is 11.3 Å². The summed E-state index contributed by atoms with van der Waals surface area (Å²) >= 11 is 0. The molecule has 0 fully saturated rings. The highest BCUT2D eigenvalue weighted by Crippen LogP contribution is 2.26. The van der Waals surface area contributed by atoms with Gasteiger partial charge in [0.05, 0.1) is 29.4 Å². The topological polar surface area (TPSA) is 90.3 Å².